The van der Waals surface area contributed by atoms with Crippen LogP contribution in [-0.2, 0) is 6.54 Å². The summed E-state index contributed by atoms with van der Waals surface area (Å²) >= 11 is 1.67. The lowest BCUT2D eigenvalue weighted by molar-refractivity contribution is 0.311. The predicted octanol–water partition coefficient (Wildman–Crippen LogP) is 4.41. The van der Waals surface area contributed by atoms with Crippen molar-refractivity contribution >= 4 is 41.3 Å². The Bertz CT molecular complexity index is 646. The van der Waals surface area contributed by atoms with Crippen molar-refractivity contribution in [1.29, 1.82) is 0 Å². The maximum Gasteiger partial charge on any atom is 0.191 e. The molecular weight excluding hydrogens is 459 g/mol. The van der Waals surface area contributed by atoms with E-state index in [0.717, 1.165) is 41.9 Å². The molecule has 2 rings (SSSR count). The molecule has 0 bridgehead atoms. The summed E-state index contributed by atoms with van der Waals surface area (Å²) in [5, 5.41) is 9.78. The Morgan fingerprint density at radius 3 is 2.65 bits per heavy atom. The number of guanidine groups is 1. The zero-order chi connectivity index (χ0) is 17.9. The number of nitrogens with zero attached hydrogens (tertiary/aromatic N) is 2. The van der Waals surface area contributed by atoms with Gasteiger partial charge in [0.1, 0.15) is 10.8 Å². The Hall–Kier alpha value is -1.35. The van der Waals surface area contributed by atoms with Crippen molar-refractivity contribution in [3.63, 3.8) is 0 Å². The van der Waals surface area contributed by atoms with E-state index in [2.05, 4.69) is 46.8 Å². The summed E-state index contributed by atoms with van der Waals surface area (Å²) in [4.78, 5) is 9.23. The van der Waals surface area contributed by atoms with E-state index in [4.69, 9.17) is 4.74 Å². The van der Waals surface area contributed by atoms with Crippen LogP contribution in [0.2, 0.25) is 0 Å². The molecule has 1 heterocycles. The minimum absolute atomic E-state index is 0. The Kier molecular flexibility index (Phi) is 11.3. The van der Waals surface area contributed by atoms with Crippen LogP contribution in [0.25, 0.3) is 0 Å². The first-order valence-corrected chi connectivity index (χ1v) is 9.71. The van der Waals surface area contributed by atoms with Gasteiger partial charge in [0.05, 0.1) is 18.8 Å². The zero-order valence-electron chi connectivity index (χ0n) is 15.7. The molecule has 0 spiro atoms. The fourth-order valence-corrected chi connectivity index (χ4v) is 3.02. The first-order valence-electron chi connectivity index (χ1n) is 8.83. The molecule has 1 aromatic heterocycles. The van der Waals surface area contributed by atoms with E-state index in [1.165, 1.54) is 0 Å². The number of hydrogen-bond acceptors (Lipinski definition) is 4. The number of hydrogen-bond donors (Lipinski definition) is 2. The summed E-state index contributed by atoms with van der Waals surface area (Å²) in [5.74, 6) is 2.20. The summed E-state index contributed by atoms with van der Waals surface area (Å²) in [7, 11) is 0. The second-order valence-corrected chi connectivity index (χ2v) is 6.90. The van der Waals surface area contributed by atoms with E-state index in [9.17, 15) is 0 Å². The molecule has 144 valence electrons. The number of nitrogens with one attached hydrogen (secondary N) is 2. The molecule has 2 aromatic rings. The minimum atomic E-state index is 0. The topological polar surface area (TPSA) is 58.5 Å². The van der Waals surface area contributed by atoms with Crippen molar-refractivity contribution in [3.8, 4) is 5.75 Å². The SMILES string of the molecule is CCNC(=NCc1nc(C(C)C)cs1)NCCCOc1ccccc1.I. The number of rotatable bonds is 9. The predicted molar refractivity (Wildman–Crippen MR) is 121 cm³/mol. The Labute approximate surface area is 177 Å². The second-order valence-electron chi connectivity index (χ2n) is 5.96. The van der Waals surface area contributed by atoms with Gasteiger partial charge in [-0.2, -0.15) is 0 Å². The molecule has 7 heteroatoms. The molecule has 0 atom stereocenters. The van der Waals surface area contributed by atoms with Crippen LogP contribution >= 0.6 is 35.3 Å². The van der Waals surface area contributed by atoms with Crippen LogP contribution in [0.4, 0.5) is 0 Å². The maximum absolute atomic E-state index is 5.69. The largest absolute Gasteiger partial charge is 0.494 e. The average molecular weight is 488 g/mol. The van der Waals surface area contributed by atoms with E-state index >= 15 is 0 Å². The minimum Gasteiger partial charge on any atom is -0.494 e. The fourth-order valence-electron chi connectivity index (χ4n) is 2.14. The Morgan fingerprint density at radius 1 is 1.23 bits per heavy atom. The highest BCUT2D eigenvalue weighted by Crippen LogP contribution is 2.18. The first kappa shape index (κ1) is 22.7. The lowest BCUT2D eigenvalue weighted by Gasteiger charge is -2.11. The van der Waals surface area contributed by atoms with Gasteiger partial charge in [0.25, 0.3) is 0 Å². The van der Waals surface area contributed by atoms with E-state index in [1.807, 2.05) is 30.3 Å². The summed E-state index contributed by atoms with van der Waals surface area (Å²) in [6.07, 6.45) is 0.911. The van der Waals surface area contributed by atoms with Crippen LogP contribution in [0.3, 0.4) is 0 Å². The van der Waals surface area contributed by atoms with E-state index in [-0.39, 0.29) is 24.0 Å². The second kappa shape index (κ2) is 12.9. The van der Waals surface area contributed by atoms with Crippen LogP contribution < -0.4 is 15.4 Å². The molecule has 0 fully saturated rings. The molecule has 0 saturated carbocycles. The van der Waals surface area contributed by atoms with Gasteiger partial charge < -0.3 is 15.4 Å². The lowest BCUT2D eigenvalue weighted by atomic mass is 10.2. The van der Waals surface area contributed by atoms with Crippen LogP contribution in [0.5, 0.6) is 5.75 Å². The van der Waals surface area contributed by atoms with Crippen molar-refractivity contribution in [3.05, 3.63) is 46.4 Å². The normalized spacial score (nSPS) is 11.2. The molecule has 0 unspecified atom stereocenters. The van der Waals surface area contributed by atoms with Crippen LogP contribution in [-0.4, -0.2) is 30.6 Å². The van der Waals surface area contributed by atoms with Gasteiger partial charge in [-0.3, -0.25) is 0 Å². The van der Waals surface area contributed by atoms with Crippen molar-refractivity contribution in [1.82, 2.24) is 15.6 Å². The molecule has 0 aliphatic rings. The number of para-hydroxylation sites is 1. The van der Waals surface area contributed by atoms with Crippen LogP contribution in [0.15, 0.2) is 40.7 Å². The molecule has 1 aromatic carbocycles. The number of aromatic nitrogens is 1. The Morgan fingerprint density at radius 2 is 2.00 bits per heavy atom. The third-order valence-electron chi connectivity index (χ3n) is 3.50. The van der Waals surface area contributed by atoms with Gasteiger partial charge in [0.2, 0.25) is 0 Å². The summed E-state index contributed by atoms with van der Waals surface area (Å²) < 4.78 is 5.69. The van der Waals surface area contributed by atoms with Gasteiger partial charge in [-0.15, -0.1) is 35.3 Å². The third-order valence-corrected chi connectivity index (χ3v) is 4.35. The van der Waals surface area contributed by atoms with Crippen molar-refractivity contribution < 1.29 is 4.74 Å². The monoisotopic (exact) mass is 488 g/mol. The number of ether oxygens (including phenoxy) is 1. The Balaban J connectivity index is 0.00000338. The number of benzene rings is 1. The lowest BCUT2D eigenvalue weighted by Crippen LogP contribution is -2.38. The molecule has 26 heavy (non-hydrogen) atoms. The highest BCUT2D eigenvalue weighted by atomic mass is 127. The van der Waals surface area contributed by atoms with Gasteiger partial charge in [-0.1, -0.05) is 32.0 Å². The van der Waals surface area contributed by atoms with Gasteiger partial charge >= 0.3 is 0 Å². The summed E-state index contributed by atoms with van der Waals surface area (Å²) in [6.45, 7) is 9.32. The molecule has 5 nitrogen and oxygen atoms in total. The van der Waals surface area contributed by atoms with E-state index in [0.29, 0.717) is 19.1 Å². The molecule has 0 saturated heterocycles. The molecule has 2 N–H and O–H groups in total. The molecular formula is C19H29IN4OS. The zero-order valence-corrected chi connectivity index (χ0v) is 18.8. The highest BCUT2D eigenvalue weighted by molar-refractivity contribution is 14.0. The molecule has 0 amide bonds. The molecule has 0 radical (unpaired) electrons. The van der Waals surface area contributed by atoms with Gasteiger partial charge in [-0.05, 0) is 31.4 Å². The summed E-state index contributed by atoms with van der Waals surface area (Å²) in [5.41, 5.74) is 1.14. The molecule has 0 aliphatic carbocycles. The van der Waals surface area contributed by atoms with Gasteiger partial charge in [0, 0.05) is 18.5 Å². The maximum atomic E-state index is 5.69. The first-order chi connectivity index (χ1) is 12.2. The molecule has 0 aliphatic heterocycles. The quantitative estimate of drug-likeness (QED) is 0.238. The van der Waals surface area contributed by atoms with Gasteiger partial charge in [-0.25, -0.2) is 9.98 Å². The third kappa shape index (κ3) is 8.35. The van der Waals surface area contributed by atoms with Crippen LogP contribution in [0.1, 0.15) is 43.8 Å². The smallest absolute Gasteiger partial charge is 0.191 e. The number of thiazole rings is 1. The fraction of sp³-hybridized carbons (Fsp3) is 0.474. The number of halogens is 1. The van der Waals surface area contributed by atoms with E-state index in [1.54, 1.807) is 11.3 Å². The number of aliphatic imine (C=N–C) groups is 1. The standard InChI is InChI=1S/C19H28N4OS.HI/c1-4-20-19(22-13-18-23-17(14-25-18)15(2)3)21-11-8-12-24-16-9-6-5-7-10-16;/h5-7,9-10,14-15H,4,8,11-13H2,1-3H3,(H2,20,21,22);1H. The van der Waals surface area contributed by atoms with Gasteiger partial charge in [0.15, 0.2) is 5.96 Å². The summed E-state index contributed by atoms with van der Waals surface area (Å²) in [6, 6.07) is 9.89. The average Bonchev–Trinajstić information content (AvgIpc) is 3.09. The van der Waals surface area contributed by atoms with Crippen molar-refractivity contribution in [2.75, 3.05) is 19.7 Å². The highest BCUT2D eigenvalue weighted by Gasteiger charge is 2.05. The van der Waals surface area contributed by atoms with Crippen molar-refractivity contribution in [2.45, 2.75) is 39.7 Å². The van der Waals surface area contributed by atoms with E-state index < -0.39 is 0 Å². The van der Waals surface area contributed by atoms with Crippen molar-refractivity contribution in [2.24, 2.45) is 4.99 Å². The van der Waals surface area contributed by atoms with Crippen LogP contribution in [0, 0.1) is 0 Å².